The quantitative estimate of drug-likeness (QED) is 0.794. The third-order valence-electron chi connectivity index (χ3n) is 4.79. The van der Waals surface area contributed by atoms with Crippen LogP contribution in [0.1, 0.15) is 20.3 Å². The van der Waals surface area contributed by atoms with E-state index in [-0.39, 0.29) is 12.1 Å². The van der Waals surface area contributed by atoms with Crippen molar-refractivity contribution in [3.8, 4) is 0 Å². The molecule has 0 radical (unpaired) electrons. The second-order valence-corrected chi connectivity index (χ2v) is 7.03. The number of nitrogens with zero attached hydrogens (tertiary/aromatic N) is 3. The lowest BCUT2D eigenvalue weighted by atomic mass is 10.1. The Balaban J connectivity index is 1.90. The molecule has 1 unspecified atom stereocenters. The Morgan fingerprint density at radius 2 is 2.19 bits per heavy atom. The molecule has 1 aromatic rings. The minimum absolute atomic E-state index is 0.152. The smallest absolute Gasteiger partial charge is 0.327 e. The molecule has 0 spiro atoms. The number of nitrogens with one attached hydrogen (secondary N) is 1. The predicted molar refractivity (Wildman–Crippen MR) is 106 cm³/mol. The van der Waals surface area contributed by atoms with Crippen LogP contribution in [0.5, 0.6) is 0 Å². The monoisotopic (exact) mass is 370 g/mol. The van der Waals surface area contributed by atoms with Crippen LogP contribution in [0.3, 0.4) is 0 Å². The van der Waals surface area contributed by atoms with Crippen molar-refractivity contribution in [2.24, 2.45) is 0 Å². The van der Waals surface area contributed by atoms with E-state index in [2.05, 4.69) is 28.4 Å². The summed E-state index contributed by atoms with van der Waals surface area (Å²) in [6.45, 7) is 13.4. The van der Waals surface area contributed by atoms with Gasteiger partial charge in [-0.1, -0.05) is 36.4 Å². The first-order chi connectivity index (χ1) is 12.4. The summed E-state index contributed by atoms with van der Waals surface area (Å²) < 4.78 is 0. The predicted octanol–water partition coefficient (Wildman–Crippen LogP) is 4.49. The second-order valence-electron chi connectivity index (χ2n) is 6.63. The number of halogens is 1. The van der Waals surface area contributed by atoms with Crippen LogP contribution in [0.2, 0.25) is 0 Å². The number of amides is 2. The summed E-state index contributed by atoms with van der Waals surface area (Å²) in [5.41, 5.74) is 3.35. The lowest BCUT2D eigenvalue weighted by Gasteiger charge is -2.37. The highest BCUT2D eigenvalue weighted by Gasteiger charge is 2.38. The van der Waals surface area contributed by atoms with Crippen LogP contribution >= 0.6 is 11.6 Å². The van der Waals surface area contributed by atoms with Gasteiger partial charge in [-0.15, -0.1) is 0 Å². The van der Waals surface area contributed by atoms with E-state index in [1.54, 1.807) is 12.3 Å². The number of anilines is 1. The van der Waals surface area contributed by atoms with Gasteiger partial charge in [-0.25, -0.2) is 9.78 Å². The Hall–Kier alpha value is -2.53. The van der Waals surface area contributed by atoms with Crippen LogP contribution in [0.4, 0.5) is 10.6 Å². The van der Waals surface area contributed by atoms with Gasteiger partial charge in [0, 0.05) is 30.0 Å². The average Bonchev–Trinajstić information content (AvgIpc) is 3.03. The van der Waals surface area contributed by atoms with Gasteiger partial charge in [0.1, 0.15) is 5.82 Å². The van der Waals surface area contributed by atoms with Gasteiger partial charge in [0.25, 0.3) is 0 Å². The summed E-state index contributed by atoms with van der Waals surface area (Å²) in [5, 5.41) is 3.42. The third-order valence-corrected chi connectivity index (χ3v) is 5.12. The standard InChI is InChI=1S/C20H23ClN4O/c1-13(2)14(3)17(21)11-18-15(4)25(16-8-10-24(18)12-16)20(26)23-19-7-5-6-9-22-19/h5-7,9,11,16H,1,3,8,10,12H2,2,4H3,(H,22,23,26)/b17-11+. The SMILES string of the molecule is C=C(C)C(=C)/C(Cl)=C\C1=C(C)N(C(=O)Nc2ccccn2)C2CCN1C2. The summed E-state index contributed by atoms with van der Waals surface area (Å²) in [5.74, 6) is 0.538. The largest absolute Gasteiger partial charge is 0.368 e. The van der Waals surface area contributed by atoms with Crippen molar-refractivity contribution in [1.82, 2.24) is 14.8 Å². The Morgan fingerprint density at radius 1 is 1.42 bits per heavy atom. The topological polar surface area (TPSA) is 48.5 Å². The highest BCUT2D eigenvalue weighted by Crippen LogP contribution is 2.34. The summed E-state index contributed by atoms with van der Waals surface area (Å²) in [7, 11) is 0. The molecule has 1 aromatic heterocycles. The number of urea groups is 1. The molecular formula is C20H23ClN4O. The van der Waals surface area contributed by atoms with Crippen molar-refractivity contribution in [2.75, 3.05) is 18.4 Å². The number of carbonyl (C=O) groups is 1. The van der Waals surface area contributed by atoms with Gasteiger partial charge >= 0.3 is 6.03 Å². The molecule has 1 atom stereocenters. The maximum Gasteiger partial charge on any atom is 0.327 e. The van der Waals surface area contributed by atoms with E-state index in [0.717, 1.165) is 36.5 Å². The van der Waals surface area contributed by atoms with Crippen LogP contribution in [-0.2, 0) is 0 Å². The van der Waals surface area contributed by atoms with Crippen molar-refractivity contribution in [3.63, 3.8) is 0 Å². The highest BCUT2D eigenvalue weighted by molar-refractivity contribution is 6.32. The summed E-state index contributed by atoms with van der Waals surface area (Å²) >= 11 is 6.43. The zero-order valence-corrected chi connectivity index (χ0v) is 15.9. The van der Waals surface area contributed by atoms with Gasteiger partial charge in [0.05, 0.1) is 11.7 Å². The molecule has 1 saturated heterocycles. The Morgan fingerprint density at radius 3 is 2.85 bits per heavy atom. The first-order valence-electron chi connectivity index (χ1n) is 8.58. The number of rotatable bonds is 4. The number of fused-ring (bicyclic) bond motifs is 2. The number of aromatic nitrogens is 1. The van der Waals surface area contributed by atoms with Crippen molar-refractivity contribution in [1.29, 1.82) is 0 Å². The Kier molecular flexibility index (Phi) is 5.18. The normalized spacial score (nSPS) is 19.7. The molecule has 1 N–H and O–H groups in total. The number of allylic oxidation sites excluding steroid dienone is 5. The molecule has 3 rings (SSSR count). The average molecular weight is 371 g/mol. The van der Waals surface area contributed by atoms with Crippen molar-refractivity contribution in [3.05, 3.63) is 71.2 Å². The van der Waals surface area contributed by atoms with Crippen LogP contribution < -0.4 is 5.32 Å². The second kappa shape index (κ2) is 7.38. The Labute approximate surface area is 159 Å². The fourth-order valence-electron chi connectivity index (χ4n) is 3.33. The molecule has 2 aliphatic rings. The summed E-state index contributed by atoms with van der Waals surface area (Å²) in [6, 6.07) is 5.41. The molecule has 0 saturated carbocycles. The van der Waals surface area contributed by atoms with Crippen molar-refractivity contribution < 1.29 is 4.79 Å². The fourth-order valence-corrected chi connectivity index (χ4v) is 3.59. The minimum atomic E-state index is -0.173. The summed E-state index contributed by atoms with van der Waals surface area (Å²) in [6.07, 6.45) is 4.46. The fraction of sp³-hybridized carbons (Fsp3) is 0.300. The number of hydrogen-bond acceptors (Lipinski definition) is 3. The number of hydrogen-bond donors (Lipinski definition) is 1. The van der Waals surface area contributed by atoms with Gasteiger partial charge in [-0.05, 0) is 44.1 Å². The van der Waals surface area contributed by atoms with Gasteiger partial charge in [-0.2, -0.15) is 0 Å². The molecule has 2 aliphatic heterocycles. The molecule has 1 fully saturated rings. The highest BCUT2D eigenvalue weighted by atomic mass is 35.5. The van der Waals surface area contributed by atoms with Crippen LogP contribution in [0.25, 0.3) is 0 Å². The molecule has 26 heavy (non-hydrogen) atoms. The van der Waals surface area contributed by atoms with E-state index < -0.39 is 0 Å². The Bertz CT molecular complexity index is 812. The molecule has 2 bridgehead atoms. The zero-order chi connectivity index (χ0) is 18.8. The van der Waals surface area contributed by atoms with E-state index in [4.69, 9.17) is 11.6 Å². The first-order valence-corrected chi connectivity index (χ1v) is 8.95. The van der Waals surface area contributed by atoms with E-state index in [1.165, 1.54) is 0 Å². The molecule has 0 aromatic carbocycles. The maximum atomic E-state index is 12.9. The van der Waals surface area contributed by atoms with Gasteiger partial charge in [0.2, 0.25) is 0 Å². The van der Waals surface area contributed by atoms with Gasteiger partial charge in [0.15, 0.2) is 0 Å². The lowest BCUT2D eigenvalue weighted by Crippen LogP contribution is -2.47. The molecular weight excluding hydrogens is 348 g/mol. The third kappa shape index (κ3) is 3.53. The molecule has 3 heterocycles. The molecule has 136 valence electrons. The van der Waals surface area contributed by atoms with E-state index in [1.807, 2.05) is 37.0 Å². The van der Waals surface area contributed by atoms with E-state index >= 15 is 0 Å². The van der Waals surface area contributed by atoms with E-state index in [0.29, 0.717) is 16.4 Å². The van der Waals surface area contributed by atoms with Crippen molar-refractivity contribution in [2.45, 2.75) is 26.3 Å². The first kappa shape index (κ1) is 18.3. The van der Waals surface area contributed by atoms with Crippen LogP contribution in [0, 0.1) is 0 Å². The molecule has 6 heteroatoms. The van der Waals surface area contributed by atoms with Crippen LogP contribution in [0.15, 0.2) is 71.2 Å². The zero-order valence-electron chi connectivity index (χ0n) is 15.1. The minimum Gasteiger partial charge on any atom is -0.368 e. The lowest BCUT2D eigenvalue weighted by molar-refractivity contribution is 0.198. The maximum absolute atomic E-state index is 12.9. The van der Waals surface area contributed by atoms with E-state index in [9.17, 15) is 4.79 Å². The number of carbonyl (C=O) groups excluding carboxylic acids is 1. The molecule has 5 nitrogen and oxygen atoms in total. The van der Waals surface area contributed by atoms with Gasteiger partial charge in [-0.3, -0.25) is 10.2 Å². The van der Waals surface area contributed by atoms with Gasteiger partial charge < -0.3 is 4.90 Å². The van der Waals surface area contributed by atoms with Crippen LogP contribution in [-0.4, -0.2) is 39.9 Å². The summed E-state index contributed by atoms with van der Waals surface area (Å²) in [4.78, 5) is 21.1. The molecule has 2 amide bonds. The number of pyridine rings is 1. The molecule has 0 aliphatic carbocycles. The van der Waals surface area contributed by atoms with Crippen molar-refractivity contribution >= 4 is 23.4 Å².